The molecule has 3 aromatic rings. The van der Waals surface area contributed by atoms with Crippen LogP contribution in [-0.2, 0) is 11.3 Å². The molecule has 3 rings (SSSR count). The summed E-state index contributed by atoms with van der Waals surface area (Å²) in [5, 5.41) is 18.7. The van der Waals surface area contributed by atoms with Gasteiger partial charge in [-0.3, -0.25) is 4.79 Å². The van der Waals surface area contributed by atoms with E-state index in [1.54, 1.807) is 11.3 Å². The maximum atomic E-state index is 11.9. The van der Waals surface area contributed by atoms with Gasteiger partial charge in [-0.15, -0.1) is 10.2 Å². The molecule has 2 aromatic heterocycles. The molecule has 1 N–H and O–H groups in total. The van der Waals surface area contributed by atoms with Crippen molar-refractivity contribution in [3.05, 3.63) is 46.7 Å². The zero-order valence-corrected chi connectivity index (χ0v) is 14.0. The van der Waals surface area contributed by atoms with Crippen LogP contribution >= 0.6 is 11.3 Å². The molecule has 124 valence electrons. The Bertz CT molecular complexity index is 800. The smallest absolute Gasteiger partial charge is 0.243 e. The van der Waals surface area contributed by atoms with Gasteiger partial charge in [0.25, 0.3) is 0 Å². The van der Waals surface area contributed by atoms with Crippen LogP contribution in [0.25, 0.3) is 11.4 Å². The van der Waals surface area contributed by atoms with Crippen molar-refractivity contribution in [2.45, 2.75) is 13.5 Å². The third-order valence-corrected chi connectivity index (χ3v) is 3.88. The molecule has 0 atom stereocenters. The highest BCUT2D eigenvalue weighted by atomic mass is 32.1. The van der Waals surface area contributed by atoms with Crippen LogP contribution < -0.4 is 10.1 Å². The Morgan fingerprint density at radius 3 is 3.08 bits per heavy atom. The molecule has 0 radical (unpaired) electrons. The molecule has 0 saturated heterocycles. The summed E-state index contributed by atoms with van der Waals surface area (Å²) >= 11 is 1.56. The summed E-state index contributed by atoms with van der Waals surface area (Å²) in [7, 11) is 0. The van der Waals surface area contributed by atoms with Gasteiger partial charge in [-0.1, -0.05) is 12.1 Å². The van der Waals surface area contributed by atoms with E-state index in [0.717, 1.165) is 16.9 Å². The average Bonchev–Trinajstić information content (AvgIpc) is 3.23. The zero-order chi connectivity index (χ0) is 16.8. The third-order valence-electron chi connectivity index (χ3n) is 3.20. The van der Waals surface area contributed by atoms with Crippen LogP contribution in [0.15, 0.2) is 41.1 Å². The number of ether oxygens (including phenoxy) is 1. The number of tetrazole rings is 1. The minimum absolute atomic E-state index is 0.0293. The van der Waals surface area contributed by atoms with Crippen LogP contribution in [0.1, 0.15) is 5.56 Å². The number of rotatable bonds is 7. The molecular formula is C16H17N5O2S. The molecule has 2 heterocycles. The van der Waals surface area contributed by atoms with Crippen molar-refractivity contribution in [1.82, 2.24) is 25.5 Å². The van der Waals surface area contributed by atoms with Crippen molar-refractivity contribution in [3.8, 4) is 17.1 Å². The molecule has 0 aliphatic heterocycles. The van der Waals surface area contributed by atoms with Gasteiger partial charge in [0.1, 0.15) is 18.9 Å². The van der Waals surface area contributed by atoms with E-state index >= 15 is 0 Å². The summed E-state index contributed by atoms with van der Waals surface area (Å²) in [6, 6.07) is 9.69. The quantitative estimate of drug-likeness (QED) is 0.663. The van der Waals surface area contributed by atoms with Gasteiger partial charge in [-0.2, -0.15) is 16.1 Å². The number of carbonyl (C=O) groups is 1. The fourth-order valence-corrected chi connectivity index (χ4v) is 2.70. The minimum Gasteiger partial charge on any atom is -0.492 e. The third kappa shape index (κ3) is 4.39. The molecule has 1 aromatic carbocycles. The SMILES string of the molecule is Cc1cccc(OCCNC(=O)Cn2nnc(-c3ccsc3)n2)c1. The van der Waals surface area contributed by atoms with Crippen molar-refractivity contribution in [2.24, 2.45) is 0 Å². The molecule has 24 heavy (non-hydrogen) atoms. The van der Waals surface area contributed by atoms with Gasteiger partial charge in [-0.25, -0.2) is 0 Å². The number of hydrogen-bond donors (Lipinski definition) is 1. The first kappa shape index (κ1) is 16.1. The molecule has 0 bridgehead atoms. The molecule has 0 aliphatic rings. The summed E-state index contributed by atoms with van der Waals surface area (Å²) in [6.45, 7) is 2.85. The first-order valence-corrected chi connectivity index (χ1v) is 8.41. The summed E-state index contributed by atoms with van der Waals surface area (Å²) in [5.74, 6) is 1.13. The number of amides is 1. The van der Waals surface area contributed by atoms with Gasteiger partial charge < -0.3 is 10.1 Å². The molecule has 0 fully saturated rings. The van der Waals surface area contributed by atoms with E-state index in [1.165, 1.54) is 4.80 Å². The Kier molecular flexibility index (Phi) is 5.17. The zero-order valence-electron chi connectivity index (χ0n) is 13.2. The Labute approximate surface area is 143 Å². The maximum absolute atomic E-state index is 11.9. The predicted molar refractivity (Wildman–Crippen MR) is 90.8 cm³/mol. The lowest BCUT2D eigenvalue weighted by atomic mass is 10.2. The lowest BCUT2D eigenvalue weighted by Crippen LogP contribution is -2.31. The van der Waals surface area contributed by atoms with E-state index in [0.29, 0.717) is 19.0 Å². The van der Waals surface area contributed by atoms with Crippen LogP contribution in [0.4, 0.5) is 0 Å². The fourth-order valence-electron chi connectivity index (χ4n) is 2.07. The summed E-state index contributed by atoms with van der Waals surface area (Å²) in [5.41, 5.74) is 2.04. The van der Waals surface area contributed by atoms with Gasteiger partial charge in [0.05, 0.1) is 6.54 Å². The first-order chi connectivity index (χ1) is 11.7. The van der Waals surface area contributed by atoms with E-state index in [4.69, 9.17) is 4.74 Å². The number of nitrogens with zero attached hydrogens (tertiary/aromatic N) is 4. The van der Waals surface area contributed by atoms with E-state index in [1.807, 2.05) is 48.0 Å². The van der Waals surface area contributed by atoms with Crippen LogP contribution in [0, 0.1) is 6.92 Å². The molecule has 0 unspecified atom stereocenters. The molecule has 8 heteroatoms. The van der Waals surface area contributed by atoms with E-state index in [2.05, 4.69) is 20.7 Å². The van der Waals surface area contributed by atoms with Crippen LogP contribution in [0.2, 0.25) is 0 Å². The standard InChI is InChI=1S/C16H17N5O2S/c1-12-3-2-4-14(9-12)23-7-6-17-15(22)10-21-19-16(18-20-21)13-5-8-24-11-13/h2-5,8-9,11H,6-7,10H2,1H3,(H,17,22). The van der Waals surface area contributed by atoms with Gasteiger partial charge in [0, 0.05) is 10.9 Å². The fraction of sp³-hybridized carbons (Fsp3) is 0.250. The van der Waals surface area contributed by atoms with Crippen molar-refractivity contribution in [3.63, 3.8) is 0 Å². The summed E-state index contributed by atoms with van der Waals surface area (Å²) < 4.78 is 5.58. The normalized spacial score (nSPS) is 10.5. The number of aryl methyl sites for hydroxylation is 1. The predicted octanol–water partition coefficient (Wildman–Crippen LogP) is 1.91. The van der Waals surface area contributed by atoms with E-state index in [9.17, 15) is 4.79 Å². The lowest BCUT2D eigenvalue weighted by molar-refractivity contribution is -0.122. The van der Waals surface area contributed by atoms with Crippen molar-refractivity contribution < 1.29 is 9.53 Å². The molecular weight excluding hydrogens is 326 g/mol. The Balaban J connectivity index is 1.41. The Morgan fingerprint density at radius 1 is 1.38 bits per heavy atom. The van der Waals surface area contributed by atoms with Crippen LogP contribution in [0.3, 0.4) is 0 Å². The van der Waals surface area contributed by atoms with Crippen LogP contribution in [-0.4, -0.2) is 39.3 Å². The second-order valence-corrected chi connectivity index (χ2v) is 5.95. The Hall–Kier alpha value is -2.74. The van der Waals surface area contributed by atoms with E-state index < -0.39 is 0 Å². The molecule has 0 aliphatic carbocycles. The highest BCUT2D eigenvalue weighted by molar-refractivity contribution is 7.08. The molecule has 0 saturated carbocycles. The summed E-state index contributed by atoms with van der Waals surface area (Å²) in [4.78, 5) is 13.2. The number of benzene rings is 1. The number of aromatic nitrogens is 4. The topological polar surface area (TPSA) is 81.9 Å². The number of carbonyl (C=O) groups excluding carboxylic acids is 1. The van der Waals surface area contributed by atoms with Gasteiger partial charge in [0.15, 0.2) is 0 Å². The van der Waals surface area contributed by atoms with Crippen molar-refractivity contribution in [2.75, 3.05) is 13.2 Å². The average molecular weight is 343 g/mol. The second kappa shape index (κ2) is 7.69. The minimum atomic E-state index is -0.183. The number of hydrogen-bond acceptors (Lipinski definition) is 6. The Morgan fingerprint density at radius 2 is 2.29 bits per heavy atom. The lowest BCUT2D eigenvalue weighted by Gasteiger charge is -2.08. The van der Waals surface area contributed by atoms with Crippen LogP contribution in [0.5, 0.6) is 5.75 Å². The highest BCUT2D eigenvalue weighted by Gasteiger charge is 2.09. The monoisotopic (exact) mass is 343 g/mol. The molecule has 1 amide bonds. The van der Waals surface area contributed by atoms with Crippen molar-refractivity contribution in [1.29, 1.82) is 0 Å². The first-order valence-electron chi connectivity index (χ1n) is 7.47. The number of nitrogens with one attached hydrogen (secondary N) is 1. The maximum Gasteiger partial charge on any atom is 0.243 e. The van der Waals surface area contributed by atoms with Gasteiger partial charge >= 0.3 is 0 Å². The summed E-state index contributed by atoms with van der Waals surface area (Å²) in [6.07, 6.45) is 0. The van der Waals surface area contributed by atoms with E-state index in [-0.39, 0.29) is 12.5 Å². The second-order valence-electron chi connectivity index (χ2n) is 5.17. The largest absolute Gasteiger partial charge is 0.492 e. The molecule has 7 nitrogen and oxygen atoms in total. The van der Waals surface area contributed by atoms with Crippen molar-refractivity contribution >= 4 is 17.2 Å². The van der Waals surface area contributed by atoms with Gasteiger partial charge in [-0.05, 0) is 41.3 Å². The molecule has 0 spiro atoms. The number of thiophene rings is 1. The van der Waals surface area contributed by atoms with Gasteiger partial charge in [0.2, 0.25) is 11.7 Å². The highest BCUT2D eigenvalue weighted by Crippen LogP contribution is 2.16.